The Labute approximate surface area is 81.8 Å². The summed E-state index contributed by atoms with van der Waals surface area (Å²) in [5.41, 5.74) is -0.749. The predicted molar refractivity (Wildman–Crippen MR) is 49.0 cm³/mol. The SMILES string of the molecule is CC(C)n1ncnc1C1(C(=O)O)CC1. The first kappa shape index (κ1) is 9.18. The molecule has 0 radical (unpaired) electrons. The Morgan fingerprint density at radius 3 is 2.71 bits per heavy atom. The van der Waals surface area contributed by atoms with Gasteiger partial charge in [0.15, 0.2) is 0 Å². The number of aromatic nitrogens is 3. The quantitative estimate of drug-likeness (QED) is 0.780. The fourth-order valence-electron chi connectivity index (χ4n) is 1.63. The van der Waals surface area contributed by atoms with E-state index < -0.39 is 11.4 Å². The molecule has 1 fully saturated rings. The lowest BCUT2D eigenvalue weighted by atomic mass is 10.1. The molecule has 0 bridgehead atoms. The lowest BCUT2D eigenvalue weighted by Gasteiger charge is -2.13. The zero-order valence-electron chi connectivity index (χ0n) is 8.27. The van der Waals surface area contributed by atoms with Gasteiger partial charge in [0.25, 0.3) is 0 Å². The largest absolute Gasteiger partial charge is 0.480 e. The average molecular weight is 195 g/mol. The van der Waals surface area contributed by atoms with Gasteiger partial charge < -0.3 is 5.11 Å². The van der Waals surface area contributed by atoms with Crippen molar-refractivity contribution in [1.29, 1.82) is 0 Å². The molecule has 0 aliphatic heterocycles. The maximum atomic E-state index is 11.1. The van der Waals surface area contributed by atoms with Crippen molar-refractivity contribution in [2.24, 2.45) is 0 Å². The van der Waals surface area contributed by atoms with Crippen LogP contribution in [0, 0.1) is 0 Å². The minimum absolute atomic E-state index is 0.157. The summed E-state index contributed by atoms with van der Waals surface area (Å²) in [4.78, 5) is 15.1. The maximum Gasteiger partial charge on any atom is 0.317 e. The molecule has 5 nitrogen and oxygen atoms in total. The number of hydrogen-bond donors (Lipinski definition) is 1. The molecule has 0 atom stereocenters. The van der Waals surface area contributed by atoms with Crippen LogP contribution in [0.1, 0.15) is 38.6 Å². The second-order valence-electron chi connectivity index (χ2n) is 4.01. The number of carboxylic acid groups (broad SMARTS) is 1. The summed E-state index contributed by atoms with van der Waals surface area (Å²) < 4.78 is 1.70. The van der Waals surface area contributed by atoms with Crippen LogP contribution in [-0.2, 0) is 10.2 Å². The molecule has 1 aromatic rings. The third kappa shape index (κ3) is 1.12. The fourth-order valence-corrected chi connectivity index (χ4v) is 1.63. The molecule has 76 valence electrons. The van der Waals surface area contributed by atoms with Crippen molar-refractivity contribution >= 4 is 5.97 Å². The van der Waals surface area contributed by atoms with E-state index in [-0.39, 0.29) is 6.04 Å². The summed E-state index contributed by atoms with van der Waals surface area (Å²) in [6.45, 7) is 3.94. The number of carboxylic acids is 1. The molecule has 1 aliphatic rings. The first-order valence-corrected chi connectivity index (χ1v) is 4.71. The second kappa shape index (κ2) is 2.80. The summed E-state index contributed by atoms with van der Waals surface area (Å²) in [7, 11) is 0. The van der Waals surface area contributed by atoms with E-state index in [9.17, 15) is 4.79 Å². The maximum absolute atomic E-state index is 11.1. The number of hydrogen-bond acceptors (Lipinski definition) is 3. The van der Waals surface area contributed by atoms with E-state index in [1.54, 1.807) is 4.68 Å². The van der Waals surface area contributed by atoms with Crippen LogP contribution >= 0.6 is 0 Å². The molecule has 5 heteroatoms. The molecule has 1 aliphatic carbocycles. The Bertz CT molecular complexity index is 366. The Hall–Kier alpha value is -1.39. The van der Waals surface area contributed by atoms with Gasteiger partial charge in [-0.1, -0.05) is 0 Å². The highest BCUT2D eigenvalue weighted by molar-refractivity contribution is 5.83. The van der Waals surface area contributed by atoms with Gasteiger partial charge in [0.05, 0.1) is 0 Å². The predicted octanol–water partition coefficient (Wildman–Crippen LogP) is 0.975. The van der Waals surface area contributed by atoms with Crippen molar-refractivity contribution in [3.63, 3.8) is 0 Å². The molecule has 1 heterocycles. The number of rotatable bonds is 3. The second-order valence-corrected chi connectivity index (χ2v) is 4.01. The van der Waals surface area contributed by atoms with Crippen molar-refractivity contribution in [2.45, 2.75) is 38.1 Å². The van der Waals surface area contributed by atoms with Gasteiger partial charge in [-0.3, -0.25) is 4.79 Å². The van der Waals surface area contributed by atoms with Crippen molar-refractivity contribution in [3.05, 3.63) is 12.2 Å². The lowest BCUT2D eigenvalue weighted by Crippen LogP contribution is -2.25. The molecule has 1 N–H and O–H groups in total. The molecule has 0 spiro atoms. The van der Waals surface area contributed by atoms with E-state index >= 15 is 0 Å². The van der Waals surface area contributed by atoms with Gasteiger partial charge >= 0.3 is 5.97 Å². The van der Waals surface area contributed by atoms with Gasteiger partial charge in [-0.2, -0.15) is 5.10 Å². The Kier molecular flexibility index (Phi) is 1.83. The minimum Gasteiger partial charge on any atom is -0.480 e. The smallest absolute Gasteiger partial charge is 0.317 e. The minimum atomic E-state index is -0.785. The Morgan fingerprint density at radius 2 is 2.29 bits per heavy atom. The number of carbonyl (C=O) groups is 1. The van der Waals surface area contributed by atoms with Crippen molar-refractivity contribution in [2.75, 3.05) is 0 Å². The molecule has 0 aromatic carbocycles. The Morgan fingerprint density at radius 1 is 1.64 bits per heavy atom. The van der Waals surface area contributed by atoms with Crippen molar-refractivity contribution in [1.82, 2.24) is 14.8 Å². The van der Waals surface area contributed by atoms with Gasteiger partial charge in [-0.25, -0.2) is 9.67 Å². The fraction of sp³-hybridized carbons (Fsp3) is 0.667. The Balaban J connectivity index is 2.42. The number of aliphatic carboxylic acids is 1. The standard InChI is InChI=1S/C9H13N3O2/c1-6(2)12-7(10-5-11-12)9(3-4-9)8(13)14/h5-6H,3-4H2,1-2H3,(H,13,14). The van der Waals surface area contributed by atoms with Crippen LogP contribution in [0.3, 0.4) is 0 Å². The monoisotopic (exact) mass is 195 g/mol. The average Bonchev–Trinajstić information content (AvgIpc) is 2.77. The third-order valence-electron chi connectivity index (χ3n) is 2.65. The molecule has 0 unspecified atom stereocenters. The van der Waals surface area contributed by atoms with Gasteiger partial charge in [-0.05, 0) is 26.7 Å². The van der Waals surface area contributed by atoms with Crippen LogP contribution in [0.5, 0.6) is 0 Å². The van der Waals surface area contributed by atoms with E-state index in [1.807, 2.05) is 13.8 Å². The van der Waals surface area contributed by atoms with Crippen LogP contribution in [-0.4, -0.2) is 25.8 Å². The van der Waals surface area contributed by atoms with Crippen LogP contribution in [0.4, 0.5) is 0 Å². The van der Waals surface area contributed by atoms with Gasteiger partial charge in [-0.15, -0.1) is 0 Å². The molecule has 2 rings (SSSR count). The third-order valence-corrected chi connectivity index (χ3v) is 2.65. The van der Waals surface area contributed by atoms with E-state index in [4.69, 9.17) is 5.11 Å². The van der Waals surface area contributed by atoms with E-state index in [0.29, 0.717) is 18.7 Å². The van der Waals surface area contributed by atoms with Crippen LogP contribution < -0.4 is 0 Å². The van der Waals surface area contributed by atoms with Gasteiger partial charge in [0.2, 0.25) is 0 Å². The highest BCUT2D eigenvalue weighted by Crippen LogP contribution is 2.47. The highest BCUT2D eigenvalue weighted by atomic mass is 16.4. The summed E-state index contributed by atoms with van der Waals surface area (Å²) in [5, 5.41) is 13.1. The first-order valence-electron chi connectivity index (χ1n) is 4.71. The van der Waals surface area contributed by atoms with E-state index in [2.05, 4.69) is 10.1 Å². The van der Waals surface area contributed by atoms with Crippen molar-refractivity contribution < 1.29 is 9.90 Å². The molecule has 0 amide bonds. The van der Waals surface area contributed by atoms with Crippen molar-refractivity contribution in [3.8, 4) is 0 Å². The zero-order valence-corrected chi connectivity index (χ0v) is 8.27. The molecular weight excluding hydrogens is 182 g/mol. The first-order chi connectivity index (χ1) is 6.58. The summed E-state index contributed by atoms with van der Waals surface area (Å²) in [6.07, 6.45) is 2.78. The molecule has 1 saturated carbocycles. The molecule has 0 saturated heterocycles. The van der Waals surface area contributed by atoms with E-state index in [0.717, 1.165) is 0 Å². The topological polar surface area (TPSA) is 68.0 Å². The van der Waals surface area contributed by atoms with Crippen LogP contribution in [0.25, 0.3) is 0 Å². The van der Waals surface area contributed by atoms with Crippen LogP contribution in [0.2, 0.25) is 0 Å². The molecule has 1 aromatic heterocycles. The molecule has 14 heavy (non-hydrogen) atoms. The summed E-state index contributed by atoms with van der Waals surface area (Å²) in [5.74, 6) is -0.188. The van der Waals surface area contributed by atoms with Gasteiger partial charge in [0, 0.05) is 6.04 Å². The number of nitrogens with zero attached hydrogens (tertiary/aromatic N) is 3. The summed E-state index contributed by atoms with van der Waals surface area (Å²) >= 11 is 0. The normalized spacial score (nSPS) is 18.5. The van der Waals surface area contributed by atoms with E-state index in [1.165, 1.54) is 6.33 Å². The summed E-state index contributed by atoms with van der Waals surface area (Å²) in [6, 6.07) is 0.157. The zero-order chi connectivity index (χ0) is 10.3. The molecular formula is C9H13N3O2. The lowest BCUT2D eigenvalue weighted by molar-refractivity contribution is -0.140. The van der Waals surface area contributed by atoms with Crippen LogP contribution in [0.15, 0.2) is 6.33 Å². The van der Waals surface area contributed by atoms with Gasteiger partial charge in [0.1, 0.15) is 17.6 Å². The highest BCUT2D eigenvalue weighted by Gasteiger charge is 2.55.